The van der Waals surface area contributed by atoms with Crippen LogP contribution >= 0.6 is 0 Å². The number of hydrogen-bond donors (Lipinski definition) is 1. The lowest BCUT2D eigenvalue weighted by atomic mass is 9.96. The van der Waals surface area contributed by atoms with Gasteiger partial charge in [0.15, 0.2) is 0 Å². The van der Waals surface area contributed by atoms with Crippen molar-refractivity contribution in [1.82, 2.24) is 10.2 Å². The van der Waals surface area contributed by atoms with Crippen LogP contribution in [0.5, 0.6) is 0 Å². The van der Waals surface area contributed by atoms with Gasteiger partial charge in [0, 0.05) is 12.1 Å². The number of hydrogen-bond acceptors (Lipinski definition) is 2. The predicted molar refractivity (Wildman–Crippen MR) is 69.6 cm³/mol. The topological polar surface area (TPSA) is 15.3 Å². The first-order valence-electron chi connectivity index (χ1n) is 7.10. The molecule has 1 N–H and O–H groups in total. The van der Waals surface area contributed by atoms with Gasteiger partial charge < -0.3 is 5.32 Å². The molecule has 0 bridgehead atoms. The van der Waals surface area contributed by atoms with Gasteiger partial charge in [-0.2, -0.15) is 0 Å². The van der Waals surface area contributed by atoms with E-state index in [0.717, 1.165) is 11.8 Å². The lowest BCUT2D eigenvalue weighted by Crippen LogP contribution is -2.44. The molecule has 0 aromatic carbocycles. The highest BCUT2D eigenvalue weighted by Gasteiger charge is 2.43. The molecule has 2 aliphatic rings. The van der Waals surface area contributed by atoms with Gasteiger partial charge in [0.05, 0.1) is 0 Å². The molecule has 1 saturated carbocycles. The fourth-order valence-corrected chi connectivity index (χ4v) is 3.05. The summed E-state index contributed by atoms with van der Waals surface area (Å²) in [4.78, 5) is 2.74. The zero-order valence-corrected chi connectivity index (χ0v) is 11.3. The summed E-state index contributed by atoms with van der Waals surface area (Å²) in [5.41, 5.74) is 0.472. The van der Waals surface area contributed by atoms with E-state index in [0.29, 0.717) is 5.54 Å². The molecule has 0 amide bonds. The van der Waals surface area contributed by atoms with E-state index in [1.165, 1.54) is 51.9 Å². The standard InChI is InChI=1S/C14H28N2/c1-4-8-15-10-12-7-9-16(11-12)14(2,3)13-5-6-13/h12-13,15H,4-11H2,1-3H3. The van der Waals surface area contributed by atoms with Crippen LogP contribution in [0.25, 0.3) is 0 Å². The second-order valence-corrected chi connectivity index (χ2v) is 6.23. The molecular weight excluding hydrogens is 196 g/mol. The zero-order chi connectivity index (χ0) is 11.6. The number of rotatable bonds is 6. The predicted octanol–water partition coefficient (Wildman–Crippen LogP) is 2.50. The first-order valence-corrected chi connectivity index (χ1v) is 7.10. The van der Waals surface area contributed by atoms with Crippen molar-refractivity contribution in [3.05, 3.63) is 0 Å². The van der Waals surface area contributed by atoms with Gasteiger partial charge in [0.1, 0.15) is 0 Å². The van der Waals surface area contributed by atoms with E-state index in [-0.39, 0.29) is 0 Å². The molecular formula is C14H28N2. The van der Waals surface area contributed by atoms with Crippen molar-refractivity contribution in [3.8, 4) is 0 Å². The Hall–Kier alpha value is -0.0800. The van der Waals surface area contributed by atoms with Crippen LogP contribution in [0.4, 0.5) is 0 Å². The summed E-state index contributed by atoms with van der Waals surface area (Å²) < 4.78 is 0. The molecule has 2 rings (SSSR count). The molecule has 2 nitrogen and oxygen atoms in total. The van der Waals surface area contributed by atoms with Crippen LogP contribution in [0.15, 0.2) is 0 Å². The van der Waals surface area contributed by atoms with Gasteiger partial charge in [0.25, 0.3) is 0 Å². The van der Waals surface area contributed by atoms with Crippen molar-refractivity contribution in [3.63, 3.8) is 0 Å². The Kier molecular flexibility index (Phi) is 3.91. The van der Waals surface area contributed by atoms with Crippen LogP contribution < -0.4 is 5.32 Å². The smallest absolute Gasteiger partial charge is 0.0181 e. The first-order chi connectivity index (χ1) is 7.64. The Morgan fingerprint density at radius 3 is 2.62 bits per heavy atom. The molecule has 0 aromatic rings. The van der Waals surface area contributed by atoms with Gasteiger partial charge in [0.2, 0.25) is 0 Å². The molecule has 0 aromatic heterocycles. The quantitative estimate of drug-likeness (QED) is 0.697. The summed E-state index contributed by atoms with van der Waals surface area (Å²) in [5.74, 6) is 1.87. The second-order valence-electron chi connectivity index (χ2n) is 6.23. The van der Waals surface area contributed by atoms with E-state index in [2.05, 4.69) is 31.0 Å². The molecule has 1 aliphatic heterocycles. The first kappa shape index (κ1) is 12.4. The third-order valence-corrected chi connectivity index (χ3v) is 4.54. The molecule has 2 fully saturated rings. The van der Waals surface area contributed by atoms with Crippen molar-refractivity contribution in [2.75, 3.05) is 26.2 Å². The van der Waals surface area contributed by atoms with Crippen molar-refractivity contribution in [2.24, 2.45) is 11.8 Å². The summed E-state index contributed by atoms with van der Waals surface area (Å²) >= 11 is 0. The van der Waals surface area contributed by atoms with Crippen LogP contribution in [0.3, 0.4) is 0 Å². The molecule has 1 unspecified atom stereocenters. The van der Waals surface area contributed by atoms with Gasteiger partial charge in [-0.15, -0.1) is 0 Å². The minimum atomic E-state index is 0.472. The summed E-state index contributed by atoms with van der Waals surface area (Å²) in [6.45, 7) is 12.2. The molecule has 1 heterocycles. The van der Waals surface area contributed by atoms with Gasteiger partial charge in [-0.25, -0.2) is 0 Å². The van der Waals surface area contributed by atoms with Crippen molar-refractivity contribution < 1.29 is 0 Å². The Bertz CT molecular complexity index is 221. The Labute approximate surface area is 101 Å². The number of nitrogens with zero attached hydrogens (tertiary/aromatic N) is 1. The number of nitrogens with one attached hydrogen (secondary N) is 1. The van der Waals surface area contributed by atoms with Crippen molar-refractivity contribution in [2.45, 2.75) is 52.0 Å². The highest BCUT2D eigenvalue weighted by Crippen LogP contribution is 2.44. The fourth-order valence-electron chi connectivity index (χ4n) is 3.05. The molecule has 0 radical (unpaired) electrons. The van der Waals surface area contributed by atoms with Gasteiger partial charge >= 0.3 is 0 Å². The maximum Gasteiger partial charge on any atom is 0.0181 e. The Morgan fingerprint density at radius 2 is 2.00 bits per heavy atom. The molecule has 2 heteroatoms. The molecule has 0 spiro atoms. The van der Waals surface area contributed by atoms with E-state index >= 15 is 0 Å². The third kappa shape index (κ3) is 2.78. The van der Waals surface area contributed by atoms with E-state index < -0.39 is 0 Å². The summed E-state index contributed by atoms with van der Waals surface area (Å²) in [6, 6.07) is 0. The maximum absolute atomic E-state index is 3.57. The molecule has 94 valence electrons. The van der Waals surface area contributed by atoms with Crippen LogP contribution in [0.2, 0.25) is 0 Å². The lowest BCUT2D eigenvalue weighted by molar-refractivity contribution is 0.125. The monoisotopic (exact) mass is 224 g/mol. The highest BCUT2D eigenvalue weighted by atomic mass is 15.2. The average Bonchev–Trinajstić information content (AvgIpc) is 3.00. The second kappa shape index (κ2) is 5.05. The van der Waals surface area contributed by atoms with Crippen molar-refractivity contribution >= 4 is 0 Å². The average molecular weight is 224 g/mol. The summed E-state index contributed by atoms with van der Waals surface area (Å²) in [6.07, 6.45) is 5.57. The molecule has 16 heavy (non-hydrogen) atoms. The fraction of sp³-hybridized carbons (Fsp3) is 1.00. The third-order valence-electron chi connectivity index (χ3n) is 4.54. The lowest BCUT2D eigenvalue weighted by Gasteiger charge is -2.36. The zero-order valence-electron chi connectivity index (χ0n) is 11.3. The van der Waals surface area contributed by atoms with Crippen LogP contribution in [0, 0.1) is 11.8 Å². The van der Waals surface area contributed by atoms with E-state index in [1.807, 2.05) is 0 Å². The molecule has 1 atom stereocenters. The molecule has 1 aliphatic carbocycles. The van der Waals surface area contributed by atoms with Crippen LogP contribution in [0.1, 0.15) is 46.5 Å². The van der Waals surface area contributed by atoms with E-state index in [1.54, 1.807) is 0 Å². The summed E-state index contributed by atoms with van der Waals surface area (Å²) in [5, 5.41) is 3.57. The highest BCUT2D eigenvalue weighted by molar-refractivity contribution is 4.98. The Balaban J connectivity index is 1.74. The normalized spacial score (nSPS) is 27.6. The van der Waals surface area contributed by atoms with Gasteiger partial charge in [-0.05, 0) is 71.0 Å². The van der Waals surface area contributed by atoms with Gasteiger partial charge in [-0.1, -0.05) is 6.92 Å². The van der Waals surface area contributed by atoms with Crippen molar-refractivity contribution in [1.29, 1.82) is 0 Å². The van der Waals surface area contributed by atoms with E-state index in [4.69, 9.17) is 0 Å². The largest absolute Gasteiger partial charge is 0.316 e. The maximum atomic E-state index is 3.57. The van der Waals surface area contributed by atoms with Crippen LogP contribution in [-0.2, 0) is 0 Å². The Morgan fingerprint density at radius 1 is 1.25 bits per heavy atom. The number of likely N-dealkylation sites (tertiary alicyclic amines) is 1. The minimum absolute atomic E-state index is 0.472. The van der Waals surface area contributed by atoms with Gasteiger partial charge in [-0.3, -0.25) is 4.90 Å². The molecule has 1 saturated heterocycles. The SMILES string of the molecule is CCCNCC1CCN(C(C)(C)C2CC2)C1. The van der Waals surface area contributed by atoms with Crippen LogP contribution in [-0.4, -0.2) is 36.6 Å². The minimum Gasteiger partial charge on any atom is -0.316 e. The van der Waals surface area contributed by atoms with E-state index in [9.17, 15) is 0 Å². The summed E-state index contributed by atoms with van der Waals surface area (Å²) in [7, 11) is 0.